The maximum absolute atomic E-state index is 10.6. The largest absolute Gasteiger partial charge is 0.392 e. The molecule has 2 rings (SSSR count). The fraction of sp³-hybridized carbons (Fsp3) is 0.800. The smallest absolute Gasteiger partial charge is 0.142 e. The molecule has 2 fully saturated rings. The molecule has 0 heterocycles. The van der Waals surface area contributed by atoms with Crippen molar-refractivity contribution in [1.29, 1.82) is 0 Å². The Labute approximate surface area is 114 Å². The van der Waals surface area contributed by atoms with E-state index in [0.29, 0.717) is 5.92 Å². The first-order valence-electron chi connectivity index (χ1n) is 6.76. The van der Waals surface area contributed by atoms with Crippen LogP contribution in [0.15, 0.2) is 11.6 Å². The average Bonchev–Trinajstić information content (AvgIpc) is 2.26. The van der Waals surface area contributed by atoms with Gasteiger partial charge in [0.25, 0.3) is 0 Å². The number of hydrogen-bond donors (Lipinski definition) is 1. The molecule has 0 radical (unpaired) electrons. The summed E-state index contributed by atoms with van der Waals surface area (Å²) in [5, 5.41) is 10.0. The lowest BCUT2D eigenvalue weighted by Crippen LogP contribution is -2.55. The van der Waals surface area contributed by atoms with E-state index in [0.717, 1.165) is 32.0 Å². The van der Waals surface area contributed by atoms with Gasteiger partial charge < -0.3 is 5.11 Å². The van der Waals surface area contributed by atoms with E-state index in [-0.39, 0.29) is 16.2 Å². The first kappa shape index (κ1) is 14.1. The van der Waals surface area contributed by atoms with Crippen molar-refractivity contribution in [1.82, 2.24) is 0 Å². The predicted octanol–water partition coefficient (Wildman–Crippen LogP) is 3.32. The highest BCUT2D eigenvalue weighted by molar-refractivity contribution is 6.21. The molecule has 0 saturated heterocycles. The number of aldehydes is 1. The van der Waals surface area contributed by atoms with Gasteiger partial charge in [-0.2, -0.15) is 0 Å². The highest BCUT2D eigenvalue weighted by Gasteiger charge is 2.55. The van der Waals surface area contributed by atoms with Crippen molar-refractivity contribution in [3.8, 4) is 0 Å². The topological polar surface area (TPSA) is 37.3 Å². The van der Waals surface area contributed by atoms with E-state index >= 15 is 0 Å². The Kier molecular flexibility index (Phi) is 3.63. The molecule has 0 bridgehead atoms. The van der Waals surface area contributed by atoms with Gasteiger partial charge in [-0.05, 0) is 48.5 Å². The van der Waals surface area contributed by atoms with Crippen LogP contribution < -0.4 is 0 Å². The fourth-order valence-electron chi connectivity index (χ4n) is 4.40. The number of aliphatic hydroxyl groups is 1. The summed E-state index contributed by atoms with van der Waals surface area (Å²) in [5.41, 5.74) is 1.24. The van der Waals surface area contributed by atoms with Gasteiger partial charge in [-0.25, -0.2) is 0 Å². The minimum absolute atomic E-state index is 0.0549. The summed E-state index contributed by atoms with van der Waals surface area (Å²) < 4.78 is 0. The van der Waals surface area contributed by atoms with Gasteiger partial charge in [-0.15, -0.1) is 11.6 Å². The Bertz CT molecular complexity index is 375. The standard InChI is InChI=1S/C15H23ClO2/c1-14(2)12-5-4-10(6-7-17)8-15(12,3)9-11(18)13(14)16/h6-7,11-13,18H,4-5,8-9H2,1-3H3/b10-6-/t11-,12-,13-,15-/m0/s1. The molecule has 0 aromatic rings. The number of hydrogen-bond acceptors (Lipinski definition) is 2. The molecule has 0 unspecified atom stereocenters. The highest BCUT2D eigenvalue weighted by atomic mass is 35.5. The van der Waals surface area contributed by atoms with Crippen LogP contribution in [-0.2, 0) is 4.79 Å². The molecule has 102 valence electrons. The highest BCUT2D eigenvalue weighted by Crippen LogP contribution is 2.59. The average molecular weight is 271 g/mol. The van der Waals surface area contributed by atoms with E-state index in [9.17, 15) is 9.90 Å². The number of rotatable bonds is 1. The Hall–Kier alpha value is -0.340. The second kappa shape index (κ2) is 4.64. The van der Waals surface area contributed by atoms with Crippen LogP contribution in [0.1, 0.15) is 46.5 Å². The summed E-state index contributed by atoms with van der Waals surface area (Å²) in [4.78, 5) is 10.6. The number of halogens is 1. The first-order valence-corrected chi connectivity index (χ1v) is 7.20. The first-order chi connectivity index (χ1) is 8.31. The normalized spacial score (nSPS) is 45.6. The second-order valence-corrected chi connectivity index (χ2v) is 7.35. The SMILES string of the molecule is CC1(C)[C@@H](Cl)[C@@H](O)C[C@]2(C)C/C(=C\C=O)CC[C@@H]12. The van der Waals surface area contributed by atoms with Crippen LogP contribution in [-0.4, -0.2) is 22.9 Å². The minimum Gasteiger partial charge on any atom is -0.392 e. The number of alkyl halides is 1. The zero-order valence-corrected chi connectivity index (χ0v) is 12.2. The Balaban J connectivity index is 2.31. The van der Waals surface area contributed by atoms with Crippen molar-refractivity contribution in [3.63, 3.8) is 0 Å². The van der Waals surface area contributed by atoms with Gasteiger partial charge >= 0.3 is 0 Å². The van der Waals surface area contributed by atoms with Gasteiger partial charge in [-0.1, -0.05) is 26.3 Å². The number of fused-ring (bicyclic) bond motifs is 1. The molecule has 3 heteroatoms. The third kappa shape index (κ3) is 2.14. The Morgan fingerprint density at radius 2 is 2.06 bits per heavy atom. The monoisotopic (exact) mass is 270 g/mol. The third-order valence-electron chi connectivity index (χ3n) is 5.15. The van der Waals surface area contributed by atoms with Crippen LogP contribution >= 0.6 is 11.6 Å². The zero-order valence-electron chi connectivity index (χ0n) is 11.4. The molecule has 2 nitrogen and oxygen atoms in total. The van der Waals surface area contributed by atoms with E-state index in [1.807, 2.05) is 0 Å². The van der Waals surface area contributed by atoms with E-state index in [2.05, 4.69) is 20.8 Å². The summed E-state index contributed by atoms with van der Waals surface area (Å²) >= 11 is 6.42. The van der Waals surface area contributed by atoms with E-state index in [1.165, 1.54) is 5.57 Å². The minimum atomic E-state index is -0.446. The van der Waals surface area contributed by atoms with Crippen LogP contribution in [0.5, 0.6) is 0 Å². The summed E-state index contributed by atoms with van der Waals surface area (Å²) in [7, 11) is 0. The van der Waals surface area contributed by atoms with Gasteiger partial charge in [0.15, 0.2) is 0 Å². The van der Waals surface area contributed by atoms with Gasteiger partial charge in [0.05, 0.1) is 11.5 Å². The molecule has 0 amide bonds. The van der Waals surface area contributed by atoms with E-state index in [1.54, 1.807) is 6.08 Å². The van der Waals surface area contributed by atoms with Crippen LogP contribution in [0.3, 0.4) is 0 Å². The molecule has 2 aliphatic rings. The molecule has 0 aromatic carbocycles. The van der Waals surface area contributed by atoms with Crippen LogP contribution in [0.4, 0.5) is 0 Å². The summed E-state index contributed by atoms with van der Waals surface area (Å²) in [6.07, 6.45) is 5.85. The Morgan fingerprint density at radius 3 is 2.67 bits per heavy atom. The van der Waals surface area contributed by atoms with Crippen molar-refractivity contribution in [2.24, 2.45) is 16.7 Å². The molecule has 2 aliphatic carbocycles. The lowest BCUT2D eigenvalue weighted by atomic mass is 9.50. The molecule has 18 heavy (non-hydrogen) atoms. The maximum atomic E-state index is 10.6. The summed E-state index contributed by atoms with van der Waals surface area (Å²) in [6, 6.07) is 0. The van der Waals surface area contributed by atoms with E-state index < -0.39 is 6.10 Å². The molecule has 0 spiro atoms. The molecule has 4 atom stereocenters. The summed E-state index contributed by atoms with van der Waals surface area (Å²) in [5.74, 6) is 0.514. The molecular weight excluding hydrogens is 248 g/mol. The number of carbonyl (C=O) groups excluding carboxylic acids is 1. The predicted molar refractivity (Wildman–Crippen MR) is 73.6 cm³/mol. The van der Waals surface area contributed by atoms with Crippen molar-refractivity contribution < 1.29 is 9.90 Å². The van der Waals surface area contributed by atoms with Crippen LogP contribution in [0, 0.1) is 16.7 Å². The van der Waals surface area contributed by atoms with Gasteiger partial charge in [0.1, 0.15) is 6.29 Å². The fourth-order valence-corrected chi connectivity index (χ4v) is 4.64. The van der Waals surface area contributed by atoms with Crippen LogP contribution in [0.25, 0.3) is 0 Å². The van der Waals surface area contributed by atoms with E-state index in [4.69, 9.17) is 11.6 Å². The number of allylic oxidation sites excluding steroid dienone is 2. The lowest BCUT2D eigenvalue weighted by molar-refractivity contribution is -0.104. The molecule has 1 N–H and O–H groups in total. The van der Waals surface area contributed by atoms with Crippen molar-refractivity contribution in [2.75, 3.05) is 0 Å². The van der Waals surface area contributed by atoms with Crippen molar-refractivity contribution in [2.45, 2.75) is 57.9 Å². The van der Waals surface area contributed by atoms with Gasteiger partial charge in [0.2, 0.25) is 0 Å². The van der Waals surface area contributed by atoms with Gasteiger partial charge in [-0.3, -0.25) is 4.79 Å². The molecule has 0 aliphatic heterocycles. The third-order valence-corrected chi connectivity index (χ3v) is 6.01. The molecule has 0 aromatic heterocycles. The van der Waals surface area contributed by atoms with Gasteiger partial charge in [0, 0.05) is 0 Å². The lowest BCUT2D eigenvalue weighted by Gasteiger charge is -2.57. The Morgan fingerprint density at radius 1 is 1.39 bits per heavy atom. The number of aliphatic hydroxyl groups excluding tert-OH is 1. The number of carbonyl (C=O) groups is 1. The van der Waals surface area contributed by atoms with Crippen LogP contribution in [0.2, 0.25) is 0 Å². The quantitative estimate of drug-likeness (QED) is 0.451. The second-order valence-electron chi connectivity index (χ2n) is 6.88. The maximum Gasteiger partial charge on any atom is 0.142 e. The molecule has 2 saturated carbocycles. The van der Waals surface area contributed by atoms with Crippen molar-refractivity contribution >= 4 is 17.9 Å². The zero-order chi connectivity index (χ0) is 13.6. The summed E-state index contributed by atoms with van der Waals surface area (Å²) in [6.45, 7) is 6.58. The molecular formula is C15H23ClO2. The van der Waals surface area contributed by atoms with Crippen molar-refractivity contribution in [3.05, 3.63) is 11.6 Å².